The predicted molar refractivity (Wildman–Crippen MR) is 546 cm³/mol. The second-order valence-corrected chi connectivity index (χ2v) is 32.4. The Balaban J connectivity index is 0.000000225. The number of aromatic amines is 4. The number of methoxy groups -OCH3 is 5. The molecule has 0 aliphatic carbocycles. The summed E-state index contributed by atoms with van der Waals surface area (Å²) in [5, 5.41) is 94.0. The van der Waals surface area contributed by atoms with Crippen LogP contribution in [-0.4, -0.2) is 82.9 Å². The molecule has 150 heavy (non-hydrogen) atoms. The third-order valence-electron chi connectivity index (χ3n) is 22.9. The van der Waals surface area contributed by atoms with Crippen molar-refractivity contribution < 1.29 is 85.2 Å². The summed E-state index contributed by atoms with van der Waals surface area (Å²) in [4.78, 5) is 10.4. The lowest BCUT2D eigenvalue weighted by Gasteiger charge is -2.05. The number of nitrogens with zero attached hydrogens (tertiary/aromatic N) is 16. The molecule has 10 aromatic heterocycles. The Labute approximate surface area is 863 Å². The molecule has 0 saturated heterocycles. The second-order valence-electron chi connectivity index (χ2n) is 31.1. The van der Waals surface area contributed by atoms with Crippen LogP contribution in [0.4, 0.5) is 61.5 Å². The minimum Gasteiger partial charge on any atom is -0.496 e. The molecule has 0 unspecified atom stereocenters. The summed E-state index contributed by atoms with van der Waals surface area (Å²) in [5.41, 5.74) is 7.87. The third kappa shape index (κ3) is 23.8. The fourth-order valence-corrected chi connectivity index (χ4v) is 16.2. The molecule has 0 bridgehead atoms. The average molecular weight is 2120 g/mol. The van der Waals surface area contributed by atoms with E-state index in [2.05, 4.69) is 32.1 Å². The van der Waals surface area contributed by atoms with E-state index < -0.39 is 69.8 Å². The maximum Gasteiger partial charge on any atom is 0.183 e. The number of hydrogen-bond donors (Lipinski definition) is 4. The molecular weight excluding hydrogens is 2030 g/mol. The number of nitrogens with one attached hydrogen (secondary N) is 4. The van der Waals surface area contributed by atoms with Gasteiger partial charge in [0.2, 0.25) is 0 Å². The lowest BCUT2D eigenvalue weighted by Crippen LogP contribution is -1.96. The Bertz CT molecular complexity index is 8950. The normalized spacial score (nSPS) is 10.1. The Kier molecular flexibility index (Phi) is 39.7. The molecule has 0 spiro atoms. The maximum atomic E-state index is 13.6. The van der Waals surface area contributed by atoms with Crippen molar-refractivity contribution in [3.05, 3.63) is 322 Å². The lowest BCUT2D eigenvalue weighted by molar-refractivity contribution is 0.412. The zero-order valence-electron chi connectivity index (χ0n) is 78.6. The highest BCUT2D eigenvalue weighted by Crippen LogP contribution is 2.39. The van der Waals surface area contributed by atoms with Gasteiger partial charge < -0.3 is 71.0 Å². The molecule has 0 atom stereocenters. The van der Waals surface area contributed by atoms with Gasteiger partial charge >= 0.3 is 0 Å². The standard InChI is InChI=1S/C11H8F2N2O.2C11H8F2N2.2C11H9FN2O.C10H6Cl2N2.C10H6F2N2O.C10H6F2N2.C10H8N2O.C9H3ClF2N2.4CH4/c1-15-6(5-14)3-7-9(16-2)4-8(12)10(13)11(7)15;1-6-8-3-7(5-14)15(2)10(8)4-9(12)11(6)13;1-6-3-9(12)10(13)11-8(6)4-7(5-14)15(11)2;1-14-8(6-13)5-9-10(14)3-7(12)4-11(9)15-2;1-14-7(6-13)5-8-10(15-2)4-3-9(12)11(8)14;1-14-7(5-13)4-8-9(12)2-6(11)3-10(8)14;1-15-7-3-2-5(11)10-8(7)9(12)6(4-13)14-10;1-5-7-2-6(4-13)14-10(7)9(12)3-8(5)11;1-13-10-4-2-3-9-8(10)5-7(6-11)12-9;10-6-2-7(11)8(12)9-5(6)1-4(3-13)14-9;;;;/h3-4H,1-2H3;2*3-4H,1-2H3;2*3-5H,1-2H3;2-4H,1H3;2-3,14H,1H3;2-3,14H,1H3;2-5,12H,1H3;1-2,14H;4*1H4. The van der Waals surface area contributed by atoms with Gasteiger partial charge in [-0.05, 0) is 159 Å². The number of rotatable bonds is 5. The number of hydrogen-bond acceptors (Lipinski definition) is 15. The van der Waals surface area contributed by atoms with Crippen LogP contribution in [-0.2, 0) is 42.3 Å². The van der Waals surface area contributed by atoms with Gasteiger partial charge in [0.05, 0.1) is 106 Å². The molecule has 42 heteroatoms. The molecule has 0 aliphatic heterocycles. The lowest BCUT2D eigenvalue weighted by atomic mass is 10.1. The van der Waals surface area contributed by atoms with E-state index in [1.54, 1.807) is 130 Å². The van der Waals surface area contributed by atoms with Gasteiger partial charge in [0.25, 0.3) is 0 Å². The number of aryl methyl sites for hydroxylation is 9. The van der Waals surface area contributed by atoms with Gasteiger partial charge in [0.1, 0.15) is 170 Å². The van der Waals surface area contributed by atoms with E-state index in [0.29, 0.717) is 116 Å². The van der Waals surface area contributed by atoms with Gasteiger partial charge in [0.15, 0.2) is 58.0 Å². The van der Waals surface area contributed by atoms with Gasteiger partial charge in [-0.1, -0.05) is 70.6 Å². The van der Waals surface area contributed by atoms with E-state index >= 15 is 0 Å². The van der Waals surface area contributed by atoms with Crippen molar-refractivity contribution in [1.82, 2.24) is 47.3 Å². The number of aromatic nitrogens is 10. The van der Waals surface area contributed by atoms with Crippen molar-refractivity contribution in [3.63, 3.8) is 0 Å². The summed E-state index contributed by atoms with van der Waals surface area (Å²) in [6.07, 6.45) is 0. The summed E-state index contributed by atoms with van der Waals surface area (Å²) in [6, 6.07) is 55.6. The topological polar surface area (TPSA) is 377 Å². The van der Waals surface area contributed by atoms with Crippen LogP contribution in [0.25, 0.3) is 109 Å². The Morgan fingerprint density at radius 2 is 0.687 bits per heavy atom. The van der Waals surface area contributed by atoms with Crippen LogP contribution in [0.3, 0.4) is 0 Å². The number of H-pyrrole nitrogens is 4. The van der Waals surface area contributed by atoms with Crippen molar-refractivity contribution in [2.45, 2.75) is 50.5 Å². The Morgan fingerprint density at radius 1 is 0.273 bits per heavy atom. The molecule has 0 amide bonds. The molecule has 0 saturated carbocycles. The smallest absolute Gasteiger partial charge is 0.183 e. The first kappa shape index (κ1) is 118. The van der Waals surface area contributed by atoms with E-state index in [-0.39, 0.29) is 119 Å². The molecule has 0 aliphatic rings. The van der Waals surface area contributed by atoms with Crippen LogP contribution >= 0.6 is 34.8 Å². The van der Waals surface area contributed by atoms with Gasteiger partial charge in [-0.2, -0.15) is 52.6 Å². The van der Waals surface area contributed by atoms with Crippen LogP contribution in [0, 0.1) is 216 Å². The van der Waals surface area contributed by atoms with Crippen LogP contribution in [0.1, 0.15) is 103 Å². The fourth-order valence-electron chi connectivity index (χ4n) is 15.4. The van der Waals surface area contributed by atoms with Crippen molar-refractivity contribution in [3.8, 4) is 89.4 Å². The zero-order chi connectivity index (χ0) is 107. The number of nitriles is 10. The maximum absolute atomic E-state index is 13.6. The summed E-state index contributed by atoms with van der Waals surface area (Å²) >= 11 is 17.5. The largest absolute Gasteiger partial charge is 0.496 e. The predicted octanol–water partition coefficient (Wildman–Crippen LogP) is 27.9. The third-order valence-corrected chi connectivity index (χ3v) is 23.7. The van der Waals surface area contributed by atoms with E-state index in [0.717, 1.165) is 69.3 Å². The van der Waals surface area contributed by atoms with Gasteiger partial charge in [-0.3, -0.25) is 0 Å². The monoisotopic (exact) mass is 2110 g/mol. The van der Waals surface area contributed by atoms with Crippen LogP contribution in [0.5, 0.6) is 28.7 Å². The minimum absolute atomic E-state index is 0. The van der Waals surface area contributed by atoms with Crippen molar-refractivity contribution in [1.29, 1.82) is 52.6 Å². The van der Waals surface area contributed by atoms with Gasteiger partial charge in [0, 0.05) is 120 Å². The number of fused-ring (bicyclic) bond motifs is 10. The molecule has 20 aromatic rings. The molecule has 10 heterocycles. The SMILES string of the molecule is C.C.C.C.COc1cc(F)c(F)c2c1cc(C#N)n2C.COc1cc(F)cc2c1cc(C#N)n2C.COc1ccc(F)c2[nH]c(C#N)c(F)c12.COc1ccc(F)c2c1cc(C#N)n2C.COc1cccc2[nH]c(C#N)cc12.Cc1c(F)c(F)cc2c1cc(C#N)n2C.Cc1c(F)cc(F)c2[nH]c(C#N)cc12.Cc1cc(F)c(F)c2c1cc(C#N)n2C.Cn1c(C#N)cc2c(Cl)cc(Cl)cc21.N#Cc1cc2c(Cl)cc(F)c(F)c2[nH]1. The van der Waals surface area contributed by atoms with E-state index in [9.17, 15) is 61.5 Å². The average Bonchev–Trinajstić information content (AvgIpc) is 1.58. The molecule has 0 radical (unpaired) electrons. The molecule has 0 fully saturated rings. The molecule has 20 rings (SSSR count). The highest BCUT2D eigenvalue weighted by Gasteiger charge is 2.25. The van der Waals surface area contributed by atoms with Crippen LogP contribution in [0.2, 0.25) is 15.1 Å². The first-order valence-corrected chi connectivity index (χ1v) is 43.0. The summed E-state index contributed by atoms with van der Waals surface area (Å²) < 4.78 is 220. The number of halogens is 17. The van der Waals surface area contributed by atoms with Gasteiger partial charge in [-0.25, -0.2) is 61.5 Å². The summed E-state index contributed by atoms with van der Waals surface area (Å²) in [5.74, 6) is -8.73. The van der Waals surface area contributed by atoms with E-state index in [1.807, 2.05) is 61.7 Å². The molecule has 25 nitrogen and oxygen atoms in total. The molecule has 4 N–H and O–H groups in total. The summed E-state index contributed by atoms with van der Waals surface area (Å²) in [7, 11) is 17.2. The van der Waals surface area contributed by atoms with E-state index in [4.69, 9.17) is 111 Å². The van der Waals surface area contributed by atoms with Gasteiger partial charge in [-0.15, -0.1) is 0 Å². The van der Waals surface area contributed by atoms with E-state index in [1.165, 1.54) is 98.6 Å². The Hall–Kier alpha value is -18.6. The van der Waals surface area contributed by atoms with Crippen LogP contribution in [0.15, 0.2) is 152 Å². The number of ether oxygens (including phenoxy) is 5. The fraction of sp³-hybridized carbons (Fsp3) is 0.167. The van der Waals surface area contributed by atoms with Crippen LogP contribution < -0.4 is 23.7 Å². The first-order chi connectivity index (χ1) is 69.5. The Morgan fingerprint density at radius 3 is 1.22 bits per heavy atom. The second kappa shape index (κ2) is 50.3. The molecule has 768 valence electrons. The molecule has 10 aromatic carbocycles. The molecular formula is C108H87Cl3F14N20O5. The highest BCUT2D eigenvalue weighted by atomic mass is 35.5. The van der Waals surface area contributed by atoms with Crippen molar-refractivity contribution >= 4 is 144 Å². The van der Waals surface area contributed by atoms with Crippen molar-refractivity contribution in [2.75, 3.05) is 35.5 Å². The minimum atomic E-state index is -1.03. The highest BCUT2D eigenvalue weighted by molar-refractivity contribution is 6.38. The summed E-state index contributed by atoms with van der Waals surface area (Å²) in [6.45, 7) is 4.74. The zero-order valence-corrected chi connectivity index (χ0v) is 80.8. The number of benzene rings is 10. The van der Waals surface area contributed by atoms with Crippen molar-refractivity contribution in [2.24, 2.45) is 42.3 Å². The first-order valence-electron chi connectivity index (χ1n) is 41.8. The quantitative estimate of drug-likeness (QED) is 0.0919.